The number of hydrogen-bond acceptors (Lipinski definition) is 1. The molecule has 0 radical (unpaired) electrons. The van der Waals surface area contributed by atoms with Gasteiger partial charge in [0.1, 0.15) is 5.82 Å². The Morgan fingerprint density at radius 1 is 1.28 bits per heavy atom. The molecule has 2 rings (SSSR count). The molecule has 0 spiro atoms. The average molecular weight is 249 g/mol. The first-order valence-corrected chi connectivity index (χ1v) is 6.63. The van der Waals surface area contributed by atoms with Crippen molar-refractivity contribution >= 4 is 5.91 Å². The molecule has 0 aliphatic heterocycles. The maximum absolute atomic E-state index is 13.6. The van der Waals surface area contributed by atoms with E-state index in [0.29, 0.717) is 5.92 Å². The summed E-state index contributed by atoms with van der Waals surface area (Å²) in [5.41, 5.74) is 0.178. The average Bonchev–Trinajstić information content (AvgIpc) is 2.38. The number of hydrogen-bond donors (Lipinski definition) is 0. The van der Waals surface area contributed by atoms with Crippen molar-refractivity contribution in [1.29, 1.82) is 0 Å². The van der Waals surface area contributed by atoms with Gasteiger partial charge >= 0.3 is 0 Å². The minimum absolute atomic E-state index is 0.178. The highest BCUT2D eigenvalue weighted by molar-refractivity contribution is 5.94. The van der Waals surface area contributed by atoms with Crippen LogP contribution in [0.15, 0.2) is 24.3 Å². The molecule has 98 valence electrons. The number of rotatable bonds is 2. The molecule has 1 aliphatic rings. The zero-order valence-electron chi connectivity index (χ0n) is 11.0. The van der Waals surface area contributed by atoms with E-state index in [9.17, 15) is 9.18 Å². The maximum Gasteiger partial charge on any atom is 0.256 e. The van der Waals surface area contributed by atoms with Crippen LogP contribution in [0.4, 0.5) is 4.39 Å². The molecule has 2 nitrogen and oxygen atoms in total. The molecule has 3 heteroatoms. The van der Waals surface area contributed by atoms with Gasteiger partial charge in [-0.05, 0) is 30.9 Å². The molecule has 1 saturated carbocycles. The standard InChI is InChI=1S/C15H20FNO/c1-11-7-3-6-10-14(11)17(2)15(18)12-8-4-5-9-13(12)16/h4-5,8-9,11,14H,3,6-7,10H2,1-2H3. The van der Waals surface area contributed by atoms with E-state index < -0.39 is 5.82 Å². The highest BCUT2D eigenvalue weighted by atomic mass is 19.1. The fourth-order valence-electron chi connectivity index (χ4n) is 2.85. The summed E-state index contributed by atoms with van der Waals surface area (Å²) in [7, 11) is 1.79. The topological polar surface area (TPSA) is 20.3 Å². The van der Waals surface area contributed by atoms with Gasteiger partial charge in [-0.1, -0.05) is 31.9 Å². The number of carbonyl (C=O) groups is 1. The second kappa shape index (κ2) is 5.51. The van der Waals surface area contributed by atoms with Gasteiger partial charge in [-0.2, -0.15) is 0 Å². The summed E-state index contributed by atoms with van der Waals surface area (Å²) < 4.78 is 13.6. The van der Waals surface area contributed by atoms with Crippen LogP contribution < -0.4 is 0 Å². The molecular formula is C15H20FNO. The van der Waals surface area contributed by atoms with Crippen LogP contribution in [0.5, 0.6) is 0 Å². The molecule has 0 saturated heterocycles. The Morgan fingerprint density at radius 2 is 1.94 bits per heavy atom. The van der Waals surface area contributed by atoms with Crippen LogP contribution in [0.1, 0.15) is 43.0 Å². The van der Waals surface area contributed by atoms with E-state index in [1.807, 2.05) is 0 Å². The third kappa shape index (κ3) is 2.55. The van der Waals surface area contributed by atoms with Crippen molar-refractivity contribution < 1.29 is 9.18 Å². The minimum atomic E-state index is -0.433. The Labute approximate surface area is 108 Å². The summed E-state index contributed by atoms with van der Waals surface area (Å²) >= 11 is 0. The molecule has 0 bridgehead atoms. The second-order valence-corrected chi connectivity index (χ2v) is 5.22. The lowest BCUT2D eigenvalue weighted by Gasteiger charge is -2.36. The summed E-state index contributed by atoms with van der Waals surface area (Å²) in [4.78, 5) is 14.0. The Hall–Kier alpha value is -1.38. The Kier molecular flexibility index (Phi) is 4.00. The van der Waals surface area contributed by atoms with Crippen LogP contribution in [-0.4, -0.2) is 23.9 Å². The molecule has 1 aromatic rings. The largest absolute Gasteiger partial charge is 0.338 e. The highest BCUT2D eigenvalue weighted by Crippen LogP contribution is 2.28. The summed E-state index contributed by atoms with van der Waals surface area (Å²) in [6.45, 7) is 2.18. The van der Waals surface area contributed by atoms with E-state index in [2.05, 4.69) is 6.92 Å². The molecule has 1 fully saturated rings. The number of benzene rings is 1. The summed E-state index contributed by atoms with van der Waals surface area (Å²) in [6.07, 6.45) is 4.57. The summed E-state index contributed by atoms with van der Waals surface area (Å²) in [5.74, 6) is -0.135. The van der Waals surface area contributed by atoms with Gasteiger partial charge in [0.15, 0.2) is 0 Å². The van der Waals surface area contributed by atoms with Crippen molar-refractivity contribution in [2.45, 2.75) is 38.6 Å². The summed E-state index contributed by atoms with van der Waals surface area (Å²) in [5, 5.41) is 0. The lowest BCUT2D eigenvalue weighted by Crippen LogP contribution is -2.42. The first-order valence-electron chi connectivity index (χ1n) is 6.63. The Bertz CT molecular complexity index is 432. The van der Waals surface area contributed by atoms with E-state index in [0.717, 1.165) is 19.3 Å². The molecule has 0 aromatic heterocycles. The third-order valence-electron chi connectivity index (χ3n) is 3.99. The van der Waals surface area contributed by atoms with Gasteiger partial charge in [0.05, 0.1) is 5.56 Å². The molecule has 0 heterocycles. The van der Waals surface area contributed by atoms with Crippen molar-refractivity contribution in [2.24, 2.45) is 5.92 Å². The number of amides is 1. The van der Waals surface area contributed by atoms with Crippen molar-refractivity contribution in [1.82, 2.24) is 4.90 Å². The SMILES string of the molecule is CC1CCCCC1N(C)C(=O)c1ccccc1F. The van der Waals surface area contributed by atoms with Crippen molar-refractivity contribution in [2.75, 3.05) is 7.05 Å². The zero-order valence-corrected chi connectivity index (χ0v) is 11.0. The normalized spacial score (nSPS) is 23.7. The zero-order chi connectivity index (χ0) is 13.1. The molecule has 1 amide bonds. The van der Waals surface area contributed by atoms with Gasteiger partial charge < -0.3 is 4.90 Å². The highest BCUT2D eigenvalue weighted by Gasteiger charge is 2.29. The molecule has 2 unspecified atom stereocenters. The predicted octanol–water partition coefficient (Wildman–Crippen LogP) is 3.48. The molecule has 1 aromatic carbocycles. The van der Waals surface area contributed by atoms with Gasteiger partial charge in [0.2, 0.25) is 0 Å². The first-order chi connectivity index (χ1) is 8.61. The Balaban J connectivity index is 2.16. The molecule has 0 N–H and O–H groups in total. The van der Waals surface area contributed by atoms with Crippen LogP contribution in [0.2, 0.25) is 0 Å². The number of halogens is 1. The second-order valence-electron chi connectivity index (χ2n) is 5.22. The van der Waals surface area contributed by atoms with Crippen LogP contribution in [0, 0.1) is 11.7 Å². The quantitative estimate of drug-likeness (QED) is 0.785. The number of nitrogens with zero attached hydrogens (tertiary/aromatic N) is 1. The van der Waals surface area contributed by atoms with Crippen molar-refractivity contribution in [3.63, 3.8) is 0 Å². The Morgan fingerprint density at radius 3 is 2.61 bits per heavy atom. The van der Waals surface area contributed by atoms with Gasteiger partial charge in [-0.25, -0.2) is 4.39 Å². The van der Waals surface area contributed by atoms with Crippen LogP contribution in [-0.2, 0) is 0 Å². The molecular weight excluding hydrogens is 229 g/mol. The third-order valence-corrected chi connectivity index (χ3v) is 3.99. The van der Waals surface area contributed by atoms with Crippen LogP contribution in [0.3, 0.4) is 0 Å². The fourth-order valence-corrected chi connectivity index (χ4v) is 2.85. The van der Waals surface area contributed by atoms with E-state index in [1.165, 1.54) is 12.5 Å². The lowest BCUT2D eigenvalue weighted by molar-refractivity contribution is 0.0624. The van der Waals surface area contributed by atoms with E-state index in [4.69, 9.17) is 0 Å². The van der Waals surface area contributed by atoms with E-state index in [1.54, 1.807) is 30.1 Å². The minimum Gasteiger partial charge on any atom is -0.338 e. The van der Waals surface area contributed by atoms with Crippen molar-refractivity contribution in [3.8, 4) is 0 Å². The van der Waals surface area contributed by atoms with Gasteiger partial charge in [0, 0.05) is 13.1 Å². The lowest BCUT2D eigenvalue weighted by atomic mass is 9.85. The number of carbonyl (C=O) groups excluding carboxylic acids is 1. The monoisotopic (exact) mass is 249 g/mol. The first kappa shape index (κ1) is 13.1. The van der Waals surface area contributed by atoms with E-state index >= 15 is 0 Å². The predicted molar refractivity (Wildman–Crippen MR) is 69.9 cm³/mol. The van der Waals surface area contributed by atoms with E-state index in [-0.39, 0.29) is 17.5 Å². The molecule has 18 heavy (non-hydrogen) atoms. The molecule has 2 atom stereocenters. The van der Waals surface area contributed by atoms with Crippen LogP contribution in [0.25, 0.3) is 0 Å². The fraction of sp³-hybridized carbons (Fsp3) is 0.533. The molecule has 1 aliphatic carbocycles. The maximum atomic E-state index is 13.6. The smallest absolute Gasteiger partial charge is 0.256 e. The van der Waals surface area contributed by atoms with Crippen molar-refractivity contribution in [3.05, 3.63) is 35.6 Å². The van der Waals surface area contributed by atoms with Crippen LogP contribution >= 0.6 is 0 Å². The van der Waals surface area contributed by atoms with Gasteiger partial charge in [0.25, 0.3) is 5.91 Å². The van der Waals surface area contributed by atoms with Gasteiger partial charge in [-0.3, -0.25) is 4.79 Å². The van der Waals surface area contributed by atoms with Gasteiger partial charge in [-0.15, -0.1) is 0 Å². The summed E-state index contributed by atoms with van der Waals surface area (Å²) in [6, 6.07) is 6.45.